The summed E-state index contributed by atoms with van der Waals surface area (Å²) in [6.07, 6.45) is 1.16. The van der Waals surface area contributed by atoms with Crippen molar-refractivity contribution in [3.05, 3.63) is 52.7 Å². The van der Waals surface area contributed by atoms with Gasteiger partial charge in [0.15, 0.2) is 5.82 Å². The fraction of sp³-hybridized carbons (Fsp3) is 0.312. The molecule has 1 amide bonds. The van der Waals surface area contributed by atoms with Gasteiger partial charge in [-0.3, -0.25) is 4.79 Å². The van der Waals surface area contributed by atoms with E-state index < -0.39 is 0 Å². The number of fused-ring (bicyclic) bond motifs is 1. The second-order valence-corrected chi connectivity index (χ2v) is 5.51. The molecule has 0 aliphatic carbocycles. The maximum Gasteiger partial charge on any atom is 0.227 e. The molecule has 2 heterocycles. The molecule has 0 saturated heterocycles. The maximum atomic E-state index is 12.5. The topological polar surface area (TPSA) is 84.1 Å². The van der Waals surface area contributed by atoms with Gasteiger partial charge >= 0.3 is 0 Å². The quantitative estimate of drug-likeness (QED) is 0.657. The predicted octanol–water partition coefficient (Wildman–Crippen LogP) is 1.20. The number of hydrogen-bond donors (Lipinski definition) is 2. The van der Waals surface area contributed by atoms with Crippen LogP contribution in [0.2, 0.25) is 0 Å². The number of hydrazine groups is 1. The largest absolute Gasteiger partial charge is 0.338 e. The Morgan fingerprint density at radius 3 is 2.95 bits per heavy atom. The molecular formula is C16H19N5O. The van der Waals surface area contributed by atoms with Gasteiger partial charge in [0.25, 0.3) is 0 Å². The van der Waals surface area contributed by atoms with Crippen LogP contribution in [0.5, 0.6) is 0 Å². The van der Waals surface area contributed by atoms with Crippen molar-refractivity contribution in [2.24, 2.45) is 5.84 Å². The van der Waals surface area contributed by atoms with Crippen LogP contribution in [0.15, 0.2) is 30.3 Å². The molecule has 0 spiro atoms. The van der Waals surface area contributed by atoms with E-state index in [9.17, 15) is 4.79 Å². The van der Waals surface area contributed by atoms with E-state index in [1.54, 1.807) is 0 Å². The van der Waals surface area contributed by atoms with Gasteiger partial charge in [0, 0.05) is 19.5 Å². The number of amides is 1. The molecule has 0 bridgehead atoms. The lowest BCUT2D eigenvalue weighted by molar-refractivity contribution is -0.131. The van der Waals surface area contributed by atoms with Crippen molar-refractivity contribution in [1.82, 2.24) is 15.1 Å². The Kier molecular flexibility index (Phi) is 4.02. The number of carbonyl (C=O) groups is 1. The van der Waals surface area contributed by atoms with E-state index in [1.807, 2.05) is 42.2 Å². The van der Waals surface area contributed by atoms with Gasteiger partial charge in [-0.1, -0.05) is 24.3 Å². The van der Waals surface area contributed by atoms with E-state index in [0.29, 0.717) is 25.3 Å². The first-order valence-electron chi connectivity index (χ1n) is 7.31. The lowest BCUT2D eigenvalue weighted by Crippen LogP contribution is -2.37. The van der Waals surface area contributed by atoms with Crippen LogP contribution in [0, 0.1) is 6.92 Å². The molecule has 0 atom stereocenters. The minimum absolute atomic E-state index is 0.138. The smallest absolute Gasteiger partial charge is 0.227 e. The Morgan fingerprint density at radius 1 is 1.36 bits per heavy atom. The number of rotatable bonds is 3. The van der Waals surface area contributed by atoms with Crippen LogP contribution in [-0.4, -0.2) is 27.5 Å². The van der Waals surface area contributed by atoms with Gasteiger partial charge in [0.1, 0.15) is 0 Å². The Hall–Kier alpha value is -2.47. The first-order valence-corrected chi connectivity index (χ1v) is 7.31. The third-order valence-corrected chi connectivity index (χ3v) is 4.04. The van der Waals surface area contributed by atoms with Crippen LogP contribution < -0.4 is 11.3 Å². The van der Waals surface area contributed by atoms with E-state index >= 15 is 0 Å². The van der Waals surface area contributed by atoms with E-state index in [4.69, 9.17) is 5.84 Å². The number of nitrogens with one attached hydrogen (secondary N) is 1. The zero-order valence-corrected chi connectivity index (χ0v) is 12.5. The van der Waals surface area contributed by atoms with Crippen LogP contribution in [-0.2, 0) is 24.2 Å². The predicted molar refractivity (Wildman–Crippen MR) is 83.8 cm³/mol. The van der Waals surface area contributed by atoms with E-state index in [1.165, 1.54) is 0 Å². The molecule has 6 heteroatoms. The summed E-state index contributed by atoms with van der Waals surface area (Å²) in [5.41, 5.74) is 6.67. The zero-order valence-electron chi connectivity index (χ0n) is 12.5. The number of anilines is 1. The van der Waals surface area contributed by atoms with Gasteiger partial charge in [-0.15, -0.1) is 5.10 Å². The summed E-state index contributed by atoms with van der Waals surface area (Å²) in [7, 11) is 0. The fourth-order valence-corrected chi connectivity index (χ4v) is 2.70. The van der Waals surface area contributed by atoms with Crippen molar-refractivity contribution in [3.63, 3.8) is 0 Å². The first kappa shape index (κ1) is 14.5. The lowest BCUT2D eigenvalue weighted by atomic mass is 10.0. The third kappa shape index (κ3) is 2.92. The Bertz CT molecular complexity index is 701. The van der Waals surface area contributed by atoms with E-state index in [2.05, 4.69) is 15.6 Å². The molecule has 3 rings (SSSR count). The lowest BCUT2D eigenvalue weighted by Gasteiger charge is -2.28. The molecule has 6 nitrogen and oxygen atoms in total. The summed E-state index contributed by atoms with van der Waals surface area (Å²) < 4.78 is 0. The van der Waals surface area contributed by atoms with Gasteiger partial charge in [0.05, 0.1) is 12.1 Å². The van der Waals surface area contributed by atoms with Gasteiger partial charge in [-0.05, 0) is 29.7 Å². The minimum Gasteiger partial charge on any atom is -0.338 e. The van der Waals surface area contributed by atoms with Crippen molar-refractivity contribution in [2.45, 2.75) is 26.3 Å². The fourth-order valence-electron chi connectivity index (χ4n) is 2.70. The Balaban J connectivity index is 1.73. The minimum atomic E-state index is 0.138. The number of nitrogens with zero attached hydrogens (tertiary/aromatic N) is 3. The second kappa shape index (κ2) is 6.11. The molecule has 114 valence electrons. The van der Waals surface area contributed by atoms with Gasteiger partial charge in [-0.2, -0.15) is 5.10 Å². The number of aromatic nitrogens is 2. The van der Waals surface area contributed by atoms with E-state index in [0.717, 1.165) is 28.8 Å². The van der Waals surface area contributed by atoms with Crippen LogP contribution in [0.4, 0.5) is 5.82 Å². The zero-order chi connectivity index (χ0) is 15.5. The van der Waals surface area contributed by atoms with Crippen LogP contribution in [0.25, 0.3) is 0 Å². The summed E-state index contributed by atoms with van der Waals surface area (Å²) in [5.74, 6) is 6.02. The highest BCUT2D eigenvalue weighted by atomic mass is 16.2. The second-order valence-electron chi connectivity index (χ2n) is 5.51. The SMILES string of the molecule is Cc1ccccc1CC(=O)N1CCc2nnc(NN)cc2C1. The Morgan fingerprint density at radius 2 is 2.18 bits per heavy atom. The highest BCUT2D eigenvalue weighted by Crippen LogP contribution is 2.20. The van der Waals surface area contributed by atoms with Crippen molar-refractivity contribution in [2.75, 3.05) is 12.0 Å². The number of hydrogen-bond acceptors (Lipinski definition) is 5. The molecule has 1 aliphatic heterocycles. The van der Waals surface area contributed by atoms with Crippen molar-refractivity contribution < 1.29 is 4.79 Å². The summed E-state index contributed by atoms with van der Waals surface area (Å²) in [6.45, 7) is 3.27. The van der Waals surface area contributed by atoms with Crippen molar-refractivity contribution in [1.29, 1.82) is 0 Å². The van der Waals surface area contributed by atoms with Crippen LogP contribution in [0.1, 0.15) is 22.4 Å². The number of carbonyl (C=O) groups excluding carboxylic acids is 1. The third-order valence-electron chi connectivity index (χ3n) is 4.04. The number of benzene rings is 1. The normalized spacial score (nSPS) is 13.6. The van der Waals surface area contributed by atoms with Gasteiger partial charge < -0.3 is 10.3 Å². The monoisotopic (exact) mass is 297 g/mol. The van der Waals surface area contributed by atoms with E-state index in [-0.39, 0.29) is 5.91 Å². The van der Waals surface area contributed by atoms with Crippen LogP contribution in [0.3, 0.4) is 0 Å². The molecule has 3 N–H and O–H groups in total. The Labute approximate surface area is 129 Å². The number of nitrogen functional groups attached to an aromatic ring is 1. The summed E-state index contributed by atoms with van der Waals surface area (Å²) in [5, 5.41) is 8.12. The molecule has 1 aliphatic rings. The van der Waals surface area contributed by atoms with Gasteiger partial charge in [0.2, 0.25) is 5.91 Å². The molecule has 1 aromatic heterocycles. The molecule has 0 fully saturated rings. The standard InChI is InChI=1S/C16H19N5O/c1-11-4-2-3-5-12(11)9-16(22)21-7-6-14-13(10-21)8-15(18-17)20-19-14/h2-5,8H,6-7,9-10,17H2,1H3,(H,18,20). The van der Waals surface area contributed by atoms with Crippen LogP contribution >= 0.6 is 0 Å². The molecule has 22 heavy (non-hydrogen) atoms. The summed E-state index contributed by atoms with van der Waals surface area (Å²) in [6, 6.07) is 9.85. The summed E-state index contributed by atoms with van der Waals surface area (Å²) >= 11 is 0. The molecule has 0 saturated carbocycles. The highest BCUT2D eigenvalue weighted by Gasteiger charge is 2.22. The average Bonchev–Trinajstić information content (AvgIpc) is 2.55. The average molecular weight is 297 g/mol. The molecule has 0 unspecified atom stereocenters. The van der Waals surface area contributed by atoms with Gasteiger partial charge in [-0.25, -0.2) is 5.84 Å². The van der Waals surface area contributed by atoms with Crippen molar-refractivity contribution >= 4 is 11.7 Å². The summed E-state index contributed by atoms with van der Waals surface area (Å²) in [4.78, 5) is 14.4. The maximum absolute atomic E-state index is 12.5. The highest BCUT2D eigenvalue weighted by molar-refractivity contribution is 5.79. The number of aryl methyl sites for hydroxylation is 1. The first-order chi connectivity index (χ1) is 10.7. The number of nitrogens with two attached hydrogens (primary N) is 1. The molecule has 1 aromatic carbocycles. The van der Waals surface area contributed by atoms with Crippen molar-refractivity contribution in [3.8, 4) is 0 Å². The molecule has 2 aromatic rings. The molecule has 0 radical (unpaired) electrons. The molecular weight excluding hydrogens is 278 g/mol.